The molecule has 4 nitrogen and oxygen atoms in total. The van der Waals surface area contributed by atoms with Crippen LogP contribution in [0.1, 0.15) is 0 Å². The fraction of sp³-hybridized carbons (Fsp3) is 0. The Bertz CT molecular complexity index is 601. The highest BCUT2D eigenvalue weighted by molar-refractivity contribution is 9.10. The largest absolute Gasteiger partial charge is 0.398 e. The smallest absolute Gasteiger partial charge is 0.323 e. The van der Waals surface area contributed by atoms with Crippen molar-refractivity contribution in [3.05, 3.63) is 52.0 Å². The van der Waals surface area contributed by atoms with Crippen LogP contribution in [0.2, 0.25) is 5.02 Å². The van der Waals surface area contributed by atoms with E-state index in [1.165, 1.54) is 0 Å². The Balaban J connectivity index is 2.01. The number of nitrogens with two attached hydrogens (primary N) is 1. The maximum absolute atomic E-state index is 11.8. The Morgan fingerprint density at radius 2 is 1.63 bits per heavy atom. The minimum atomic E-state index is -0.343. The van der Waals surface area contributed by atoms with E-state index in [0.29, 0.717) is 22.1 Å². The van der Waals surface area contributed by atoms with Gasteiger partial charge in [0.25, 0.3) is 0 Å². The predicted molar refractivity (Wildman–Crippen MR) is 82.6 cm³/mol. The van der Waals surface area contributed by atoms with Gasteiger partial charge in [-0.15, -0.1) is 0 Å². The molecule has 0 aliphatic rings. The minimum Gasteiger partial charge on any atom is -0.398 e. The number of amides is 2. The van der Waals surface area contributed by atoms with Crippen LogP contribution >= 0.6 is 27.5 Å². The van der Waals surface area contributed by atoms with Gasteiger partial charge in [0.2, 0.25) is 0 Å². The van der Waals surface area contributed by atoms with E-state index < -0.39 is 0 Å². The van der Waals surface area contributed by atoms with Crippen LogP contribution in [0.5, 0.6) is 0 Å². The predicted octanol–water partition coefficient (Wildman–Crippen LogP) is 4.33. The summed E-state index contributed by atoms with van der Waals surface area (Å²) < 4.78 is 0.788. The molecule has 6 heteroatoms. The molecule has 0 saturated heterocycles. The number of carbonyl (C=O) groups excluding carboxylic acids is 1. The lowest BCUT2D eigenvalue weighted by Gasteiger charge is -2.08. The molecular weight excluding hydrogens is 330 g/mol. The fourth-order valence-electron chi connectivity index (χ4n) is 1.45. The van der Waals surface area contributed by atoms with Crippen molar-refractivity contribution in [3.63, 3.8) is 0 Å². The maximum Gasteiger partial charge on any atom is 0.323 e. The number of benzene rings is 2. The van der Waals surface area contributed by atoms with Gasteiger partial charge in [0.1, 0.15) is 0 Å². The van der Waals surface area contributed by atoms with E-state index in [1.807, 2.05) is 0 Å². The van der Waals surface area contributed by atoms with E-state index in [1.54, 1.807) is 42.5 Å². The van der Waals surface area contributed by atoms with Gasteiger partial charge in [-0.3, -0.25) is 0 Å². The summed E-state index contributed by atoms with van der Waals surface area (Å²) in [5.74, 6) is 0. The number of anilines is 3. The number of urea groups is 1. The van der Waals surface area contributed by atoms with Gasteiger partial charge >= 0.3 is 6.03 Å². The van der Waals surface area contributed by atoms with Gasteiger partial charge in [-0.1, -0.05) is 11.6 Å². The highest BCUT2D eigenvalue weighted by atomic mass is 79.9. The highest BCUT2D eigenvalue weighted by Crippen LogP contribution is 2.23. The number of rotatable bonds is 2. The third-order valence-electron chi connectivity index (χ3n) is 2.36. The third-order valence-corrected chi connectivity index (χ3v) is 3.33. The molecule has 0 radical (unpaired) electrons. The van der Waals surface area contributed by atoms with Gasteiger partial charge in [-0.25, -0.2) is 4.79 Å². The van der Waals surface area contributed by atoms with Gasteiger partial charge in [0, 0.05) is 26.6 Å². The van der Waals surface area contributed by atoms with Crippen LogP contribution in [-0.4, -0.2) is 6.03 Å². The second kappa shape index (κ2) is 5.95. The molecule has 4 N–H and O–H groups in total. The van der Waals surface area contributed by atoms with Crippen LogP contribution in [0.15, 0.2) is 46.9 Å². The van der Waals surface area contributed by atoms with E-state index in [9.17, 15) is 4.79 Å². The maximum atomic E-state index is 11.8. The summed E-state index contributed by atoms with van der Waals surface area (Å²) in [5, 5.41) is 6.00. The molecule has 19 heavy (non-hydrogen) atoms. The molecule has 0 aromatic heterocycles. The van der Waals surface area contributed by atoms with Crippen LogP contribution in [-0.2, 0) is 0 Å². The Kier molecular flexibility index (Phi) is 4.29. The summed E-state index contributed by atoms with van der Waals surface area (Å²) >= 11 is 9.05. The quantitative estimate of drug-likeness (QED) is 0.712. The zero-order valence-corrected chi connectivity index (χ0v) is 12.1. The average Bonchev–Trinajstić information content (AvgIpc) is 2.37. The van der Waals surface area contributed by atoms with E-state index in [2.05, 4.69) is 26.6 Å². The third kappa shape index (κ3) is 3.87. The normalized spacial score (nSPS) is 10.0. The first kappa shape index (κ1) is 13.7. The summed E-state index contributed by atoms with van der Waals surface area (Å²) in [6, 6.07) is 11.7. The second-order valence-corrected chi connectivity index (χ2v) is 5.11. The summed E-state index contributed by atoms with van der Waals surface area (Å²) in [6.07, 6.45) is 0. The molecule has 2 aromatic rings. The number of hydrogen-bond donors (Lipinski definition) is 3. The SMILES string of the molecule is Nc1cc(NC(=O)Nc2ccc(Cl)cc2)ccc1Br. The zero-order valence-electron chi connectivity index (χ0n) is 9.78. The van der Waals surface area contributed by atoms with E-state index in [0.717, 1.165) is 4.47 Å². The molecule has 0 fully saturated rings. The summed E-state index contributed by atoms with van der Waals surface area (Å²) in [5.41, 5.74) is 7.57. The van der Waals surface area contributed by atoms with Crippen molar-refractivity contribution >= 4 is 50.6 Å². The number of nitrogens with one attached hydrogen (secondary N) is 2. The van der Waals surface area contributed by atoms with Crippen molar-refractivity contribution in [1.82, 2.24) is 0 Å². The molecule has 0 spiro atoms. The van der Waals surface area contributed by atoms with E-state index in [-0.39, 0.29) is 6.03 Å². The molecule has 0 atom stereocenters. The average molecular weight is 341 g/mol. The lowest BCUT2D eigenvalue weighted by molar-refractivity contribution is 0.262. The van der Waals surface area contributed by atoms with Crippen molar-refractivity contribution in [1.29, 1.82) is 0 Å². The molecule has 0 aliphatic heterocycles. The first-order valence-corrected chi connectivity index (χ1v) is 6.60. The Hall–Kier alpha value is -1.72. The lowest BCUT2D eigenvalue weighted by atomic mass is 10.3. The van der Waals surface area contributed by atoms with Crippen LogP contribution in [0, 0.1) is 0 Å². The summed E-state index contributed by atoms with van der Waals surface area (Å²) in [6.45, 7) is 0. The zero-order chi connectivity index (χ0) is 13.8. The molecule has 2 rings (SSSR count). The Morgan fingerprint density at radius 3 is 2.26 bits per heavy atom. The van der Waals surface area contributed by atoms with Crippen LogP contribution in [0.25, 0.3) is 0 Å². The summed E-state index contributed by atoms with van der Waals surface area (Å²) in [7, 11) is 0. The van der Waals surface area contributed by atoms with Gasteiger partial charge in [-0.05, 0) is 58.4 Å². The molecular formula is C13H11BrClN3O. The topological polar surface area (TPSA) is 67.1 Å². The van der Waals surface area contributed by atoms with Crippen LogP contribution in [0.3, 0.4) is 0 Å². The summed E-state index contributed by atoms with van der Waals surface area (Å²) in [4.78, 5) is 11.8. The number of nitrogen functional groups attached to an aromatic ring is 1. The molecule has 0 unspecified atom stereocenters. The molecule has 0 aliphatic carbocycles. The van der Waals surface area contributed by atoms with E-state index >= 15 is 0 Å². The molecule has 2 aromatic carbocycles. The Labute approximate surface area is 124 Å². The van der Waals surface area contributed by atoms with Crippen molar-refractivity contribution in [2.75, 3.05) is 16.4 Å². The number of halogens is 2. The molecule has 0 bridgehead atoms. The van der Waals surface area contributed by atoms with Crippen LogP contribution < -0.4 is 16.4 Å². The van der Waals surface area contributed by atoms with Gasteiger partial charge in [0.15, 0.2) is 0 Å². The second-order valence-electron chi connectivity index (χ2n) is 3.82. The fourth-order valence-corrected chi connectivity index (χ4v) is 1.82. The minimum absolute atomic E-state index is 0.343. The first-order chi connectivity index (χ1) is 9.04. The number of hydrogen-bond acceptors (Lipinski definition) is 2. The van der Waals surface area contributed by atoms with Crippen LogP contribution in [0.4, 0.5) is 21.9 Å². The van der Waals surface area contributed by atoms with Crippen molar-refractivity contribution in [3.8, 4) is 0 Å². The van der Waals surface area contributed by atoms with Gasteiger partial charge in [0.05, 0.1) is 0 Å². The standard InChI is InChI=1S/C13H11BrClN3O/c14-11-6-5-10(7-12(11)16)18-13(19)17-9-3-1-8(15)2-4-9/h1-7H,16H2,(H2,17,18,19). The molecule has 0 saturated carbocycles. The van der Waals surface area contributed by atoms with E-state index in [4.69, 9.17) is 17.3 Å². The lowest BCUT2D eigenvalue weighted by Crippen LogP contribution is -2.19. The highest BCUT2D eigenvalue weighted by Gasteiger charge is 2.04. The monoisotopic (exact) mass is 339 g/mol. The van der Waals surface area contributed by atoms with Crippen molar-refractivity contribution in [2.45, 2.75) is 0 Å². The molecule has 98 valence electrons. The van der Waals surface area contributed by atoms with Gasteiger partial charge in [-0.2, -0.15) is 0 Å². The van der Waals surface area contributed by atoms with Gasteiger partial charge < -0.3 is 16.4 Å². The van der Waals surface area contributed by atoms with Crippen molar-refractivity contribution in [2.24, 2.45) is 0 Å². The Morgan fingerprint density at radius 1 is 1.05 bits per heavy atom. The first-order valence-electron chi connectivity index (χ1n) is 5.43. The molecule has 2 amide bonds. The molecule has 0 heterocycles. The number of carbonyl (C=O) groups is 1. The van der Waals surface area contributed by atoms with Crippen molar-refractivity contribution < 1.29 is 4.79 Å².